The van der Waals surface area contributed by atoms with E-state index in [9.17, 15) is 4.79 Å². The number of thiazole rings is 1. The minimum Gasteiger partial charge on any atom is -0.490 e. The van der Waals surface area contributed by atoms with Gasteiger partial charge in [0.1, 0.15) is 0 Å². The first-order chi connectivity index (χ1) is 16.5. The molecule has 0 fully saturated rings. The molecule has 0 spiro atoms. The van der Waals surface area contributed by atoms with Crippen LogP contribution in [0.2, 0.25) is 5.02 Å². The molecule has 0 amide bonds. The average molecular weight is 492 g/mol. The molecule has 0 saturated carbocycles. The summed E-state index contributed by atoms with van der Waals surface area (Å²) in [6, 6.07) is 20.0. The first kappa shape index (κ1) is 23.5. The van der Waals surface area contributed by atoms with Crippen molar-refractivity contribution in [3.8, 4) is 22.8 Å². The third kappa shape index (κ3) is 6.01. The fourth-order valence-electron chi connectivity index (χ4n) is 3.05. The van der Waals surface area contributed by atoms with E-state index in [1.807, 2.05) is 24.4 Å². The predicted molar refractivity (Wildman–Crippen MR) is 138 cm³/mol. The van der Waals surface area contributed by atoms with Gasteiger partial charge in [0.15, 0.2) is 11.5 Å². The van der Waals surface area contributed by atoms with Gasteiger partial charge in [-0.15, -0.1) is 11.3 Å². The van der Waals surface area contributed by atoms with Gasteiger partial charge in [0.05, 0.1) is 24.1 Å². The highest BCUT2D eigenvalue weighted by Gasteiger charge is 2.13. The third-order valence-corrected chi connectivity index (χ3v) is 5.77. The Morgan fingerprint density at radius 3 is 2.59 bits per heavy atom. The number of benzene rings is 3. The molecule has 0 bridgehead atoms. The van der Waals surface area contributed by atoms with Gasteiger partial charge >= 0.3 is 5.97 Å². The van der Waals surface area contributed by atoms with E-state index in [4.69, 9.17) is 21.1 Å². The number of carbonyl (C=O) groups is 1. The molecule has 6 nitrogen and oxygen atoms in total. The quantitative estimate of drug-likeness (QED) is 0.126. The fraction of sp³-hybridized carbons (Fsp3) is 0.115. The van der Waals surface area contributed by atoms with Crippen molar-refractivity contribution in [2.45, 2.75) is 13.8 Å². The van der Waals surface area contributed by atoms with Gasteiger partial charge in [-0.05, 0) is 61.9 Å². The van der Waals surface area contributed by atoms with E-state index in [-0.39, 0.29) is 0 Å². The van der Waals surface area contributed by atoms with Crippen LogP contribution in [0.15, 0.2) is 77.2 Å². The number of esters is 1. The zero-order valence-electron chi connectivity index (χ0n) is 18.6. The summed E-state index contributed by atoms with van der Waals surface area (Å²) >= 11 is 7.36. The lowest BCUT2D eigenvalue weighted by Crippen LogP contribution is -2.09. The predicted octanol–water partition coefficient (Wildman–Crippen LogP) is 6.84. The number of aromatic nitrogens is 1. The van der Waals surface area contributed by atoms with Gasteiger partial charge in [0, 0.05) is 16.0 Å². The Labute approximate surface area is 206 Å². The van der Waals surface area contributed by atoms with Crippen molar-refractivity contribution >= 4 is 40.3 Å². The number of ether oxygens (including phenoxy) is 2. The molecule has 172 valence electrons. The summed E-state index contributed by atoms with van der Waals surface area (Å²) in [5.41, 5.74) is 7.30. The number of nitrogens with zero attached hydrogens (tertiary/aromatic N) is 2. The van der Waals surface area contributed by atoms with Gasteiger partial charge in [0.25, 0.3) is 0 Å². The molecule has 1 N–H and O–H groups in total. The molecule has 0 radical (unpaired) electrons. The molecule has 0 saturated heterocycles. The lowest BCUT2D eigenvalue weighted by molar-refractivity contribution is 0.0728. The van der Waals surface area contributed by atoms with E-state index in [1.54, 1.807) is 48.7 Å². The normalized spacial score (nSPS) is 10.9. The van der Waals surface area contributed by atoms with Gasteiger partial charge in [-0.2, -0.15) is 5.10 Å². The summed E-state index contributed by atoms with van der Waals surface area (Å²) < 4.78 is 11.2. The van der Waals surface area contributed by atoms with Gasteiger partial charge in [0.2, 0.25) is 5.13 Å². The Balaban J connectivity index is 1.43. The van der Waals surface area contributed by atoms with Crippen LogP contribution in [0.25, 0.3) is 11.3 Å². The number of halogens is 1. The van der Waals surface area contributed by atoms with Crippen molar-refractivity contribution in [1.82, 2.24) is 4.98 Å². The van der Waals surface area contributed by atoms with Crippen LogP contribution in [-0.4, -0.2) is 23.8 Å². The fourth-order valence-corrected chi connectivity index (χ4v) is 3.84. The van der Waals surface area contributed by atoms with Crippen molar-refractivity contribution in [3.63, 3.8) is 0 Å². The van der Waals surface area contributed by atoms with Crippen LogP contribution in [0.3, 0.4) is 0 Å². The second-order valence-corrected chi connectivity index (χ2v) is 8.60. The van der Waals surface area contributed by atoms with Gasteiger partial charge in [-0.3, -0.25) is 5.43 Å². The zero-order valence-corrected chi connectivity index (χ0v) is 20.2. The molecule has 34 heavy (non-hydrogen) atoms. The number of hydrogen-bond donors (Lipinski definition) is 1. The van der Waals surface area contributed by atoms with Crippen molar-refractivity contribution in [1.29, 1.82) is 0 Å². The second-order valence-electron chi connectivity index (χ2n) is 7.31. The maximum Gasteiger partial charge on any atom is 0.343 e. The molecule has 3 aromatic carbocycles. The standard InChI is InChI=1S/C26H22ClN3O3S/c1-3-32-24-14-18(6-13-23(24)33-25(31)20-9-11-21(27)12-10-20)15-28-30-26-29-22(16-34-26)19-7-4-17(2)5-8-19/h4-16H,3H2,1-2H3,(H,29,30)/b28-15-. The minimum atomic E-state index is -0.492. The third-order valence-electron chi connectivity index (χ3n) is 4.78. The van der Waals surface area contributed by atoms with E-state index in [0.717, 1.165) is 16.8 Å². The first-order valence-corrected chi connectivity index (χ1v) is 11.8. The maximum absolute atomic E-state index is 12.5. The van der Waals surface area contributed by atoms with E-state index in [2.05, 4.69) is 34.6 Å². The van der Waals surface area contributed by atoms with Gasteiger partial charge < -0.3 is 9.47 Å². The van der Waals surface area contributed by atoms with E-state index >= 15 is 0 Å². The van der Waals surface area contributed by atoms with E-state index in [1.165, 1.54) is 16.9 Å². The lowest BCUT2D eigenvalue weighted by Gasteiger charge is -2.11. The average Bonchev–Trinajstić information content (AvgIpc) is 3.30. The second kappa shape index (κ2) is 11.0. The molecule has 4 rings (SSSR count). The Kier molecular flexibility index (Phi) is 7.57. The largest absolute Gasteiger partial charge is 0.490 e. The summed E-state index contributed by atoms with van der Waals surface area (Å²) in [7, 11) is 0. The molecule has 1 aromatic heterocycles. The molecule has 8 heteroatoms. The Morgan fingerprint density at radius 1 is 1.09 bits per heavy atom. The minimum absolute atomic E-state index is 0.328. The summed E-state index contributed by atoms with van der Waals surface area (Å²) in [6.07, 6.45) is 1.65. The molecular formula is C26H22ClN3O3S. The molecule has 0 aliphatic heterocycles. The van der Waals surface area contributed by atoms with Crippen LogP contribution in [0, 0.1) is 6.92 Å². The van der Waals surface area contributed by atoms with Gasteiger partial charge in [-0.25, -0.2) is 9.78 Å². The van der Waals surface area contributed by atoms with Crippen LogP contribution in [0.4, 0.5) is 5.13 Å². The topological polar surface area (TPSA) is 72.8 Å². The zero-order chi connectivity index (χ0) is 23.9. The first-order valence-electron chi connectivity index (χ1n) is 10.6. The summed E-state index contributed by atoms with van der Waals surface area (Å²) in [6.45, 7) is 4.34. The van der Waals surface area contributed by atoms with Crippen LogP contribution in [0.5, 0.6) is 11.5 Å². The van der Waals surface area contributed by atoms with E-state index in [0.29, 0.717) is 33.8 Å². The Morgan fingerprint density at radius 2 is 1.85 bits per heavy atom. The molecule has 1 heterocycles. The molecule has 4 aromatic rings. The molecule has 0 unspecified atom stereocenters. The monoisotopic (exact) mass is 491 g/mol. The summed E-state index contributed by atoms with van der Waals surface area (Å²) in [5, 5.41) is 7.50. The number of anilines is 1. The Hall–Kier alpha value is -3.68. The number of rotatable bonds is 8. The van der Waals surface area contributed by atoms with Crippen LogP contribution in [0.1, 0.15) is 28.4 Å². The van der Waals surface area contributed by atoms with Crippen LogP contribution < -0.4 is 14.9 Å². The molecule has 0 atom stereocenters. The van der Waals surface area contributed by atoms with Crippen LogP contribution in [-0.2, 0) is 0 Å². The van der Waals surface area contributed by atoms with Crippen molar-refractivity contribution in [2.75, 3.05) is 12.0 Å². The number of aryl methyl sites for hydroxylation is 1. The molecule has 0 aliphatic rings. The number of nitrogens with one attached hydrogen (secondary N) is 1. The van der Waals surface area contributed by atoms with E-state index < -0.39 is 5.97 Å². The van der Waals surface area contributed by atoms with Crippen molar-refractivity contribution in [3.05, 3.63) is 93.8 Å². The molecule has 0 aliphatic carbocycles. The highest BCUT2D eigenvalue weighted by atomic mass is 35.5. The van der Waals surface area contributed by atoms with Crippen LogP contribution >= 0.6 is 22.9 Å². The lowest BCUT2D eigenvalue weighted by atomic mass is 10.1. The number of hydrogen-bond acceptors (Lipinski definition) is 7. The summed E-state index contributed by atoms with van der Waals surface area (Å²) in [5.74, 6) is 0.285. The highest BCUT2D eigenvalue weighted by Crippen LogP contribution is 2.29. The van der Waals surface area contributed by atoms with Crippen molar-refractivity contribution in [2.24, 2.45) is 5.10 Å². The maximum atomic E-state index is 12.5. The Bertz CT molecular complexity index is 1300. The van der Waals surface area contributed by atoms with Crippen molar-refractivity contribution < 1.29 is 14.3 Å². The smallest absolute Gasteiger partial charge is 0.343 e. The number of hydrazone groups is 1. The SMILES string of the molecule is CCOc1cc(/C=N\Nc2nc(-c3ccc(C)cc3)cs2)ccc1OC(=O)c1ccc(Cl)cc1. The van der Waals surface area contributed by atoms with Gasteiger partial charge in [-0.1, -0.05) is 41.4 Å². The molecular weight excluding hydrogens is 470 g/mol. The highest BCUT2D eigenvalue weighted by molar-refractivity contribution is 7.14. The number of carbonyl (C=O) groups excluding carboxylic acids is 1. The summed E-state index contributed by atoms with van der Waals surface area (Å²) in [4.78, 5) is 17.0.